The van der Waals surface area contributed by atoms with Gasteiger partial charge in [0.05, 0.1) is 0 Å². The minimum Gasteiger partial charge on any atom is -0.324 e. The molecule has 2 N–H and O–H groups in total. The van der Waals surface area contributed by atoms with Gasteiger partial charge in [-0.15, -0.1) is 0 Å². The van der Waals surface area contributed by atoms with Gasteiger partial charge < -0.3 is 5.73 Å². The smallest absolute Gasteiger partial charge is 0.0253 e. The lowest BCUT2D eigenvalue weighted by Crippen LogP contribution is -2.16. The summed E-state index contributed by atoms with van der Waals surface area (Å²) in [5.74, 6) is 0. The molecule has 40 valence electrons. The molecular weight excluding hydrogens is 86.1 g/mol. The fourth-order valence-corrected chi connectivity index (χ4v) is 0.870. The van der Waals surface area contributed by atoms with Crippen molar-refractivity contribution in [2.45, 2.75) is 25.8 Å². The normalized spacial score (nSPS) is 30.6. The van der Waals surface area contributed by atoms with Gasteiger partial charge in [-0.25, -0.2) is 0 Å². The van der Waals surface area contributed by atoms with Crippen molar-refractivity contribution in [1.82, 2.24) is 0 Å². The van der Waals surface area contributed by atoms with Crippen LogP contribution in [0.3, 0.4) is 0 Å². The highest BCUT2D eigenvalue weighted by molar-refractivity contribution is 5.12. The molecule has 7 heavy (non-hydrogen) atoms. The monoisotopic (exact) mass is 97.1 g/mol. The molecule has 1 heteroatoms. The van der Waals surface area contributed by atoms with E-state index in [0.717, 1.165) is 6.42 Å². The lowest BCUT2D eigenvalue weighted by atomic mass is 10.2. The summed E-state index contributed by atoms with van der Waals surface area (Å²) in [7, 11) is 0. The Balaban J connectivity index is 2.54. The van der Waals surface area contributed by atoms with Gasteiger partial charge in [0.1, 0.15) is 0 Å². The van der Waals surface area contributed by atoms with Crippen molar-refractivity contribution in [2.24, 2.45) is 5.73 Å². The van der Waals surface area contributed by atoms with E-state index >= 15 is 0 Å². The maximum absolute atomic E-state index is 5.61. The van der Waals surface area contributed by atoms with E-state index in [0.29, 0.717) is 6.04 Å². The predicted octanol–water partition coefficient (Wildman–Crippen LogP) is 1.05. The first-order valence-electron chi connectivity index (χ1n) is 2.73. The second kappa shape index (κ2) is 1.66. The van der Waals surface area contributed by atoms with Crippen molar-refractivity contribution in [3.63, 3.8) is 0 Å². The van der Waals surface area contributed by atoms with Crippen LogP contribution in [0.4, 0.5) is 0 Å². The van der Waals surface area contributed by atoms with E-state index in [1.807, 2.05) is 0 Å². The summed E-state index contributed by atoms with van der Waals surface area (Å²) in [6.07, 6.45) is 4.56. The van der Waals surface area contributed by atoms with Crippen molar-refractivity contribution in [1.29, 1.82) is 0 Å². The van der Waals surface area contributed by atoms with Crippen LogP contribution in [0.5, 0.6) is 0 Å². The molecule has 0 saturated carbocycles. The van der Waals surface area contributed by atoms with Crippen LogP contribution >= 0.6 is 0 Å². The Morgan fingerprint density at radius 2 is 2.57 bits per heavy atom. The first-order chi connectivity index (χ1) is 3.30. The number of hydrogen-bond donors (Lipinski definition) is 1. The highest BCUT2D eigenvalue weighted by atomic mass is 14.6. The molecule has 0 aromatic heterocycles. The molecule has 1 aliphatic rings. The van der Waals surface area contributed by atoms with Crippen LogP contribution in [-0.2, 0) is 0 Å². The van der Waals surface area contributed by atoms with Gasteiger partial charge in [-0.05, 0) is 19.8 Å². The number of hydrogen-bond acceptors (Lipinski definition) is 1. The van der Waals surface area contributed by atoms with E-state index < -0.39 is 0 Å². The Morgan fingerprint density at radius 1 is 1.86 bits per heavy atom. The maximum atomic E-state index is 5.61. The molecule has 1 aliphatic carbocycles. The van der Waals surface area contributed by atoms with Crippen LogP contribution in [0.15, 0.2) is 11.6 Å². The quantitative estimate of drug-likeness (QED) is 0.449. The Hall–Kier alpha value is -0.300. The summed E-state index contributed by atoms with van der Waals surface area (Å²) in [5, 5.41) is 0. The Kier molecular flexibility index (Phi) is 1.15. The zero-order chi connectivity index (χ0) is 5.28. The van der Waals surface area contributed by atoms with Crippen LogP contribution < -0.4 is 5.73 Å². The van der Waals surface area contributed by atoms with E-state index in [4.69, 9.17) is 5.73 Å². The topological polar surface area (TPSA) is 26.0 Å². The molecule has 1 atom stereocenters. The molecule has 0 heterocycles. The second-order valence-electron chi connectivity index (χ2n) is 2.13. The SMILES string of the molecule is CC1=CCC[C@H]1N. The fraction of sp³-hybridized carbons (Fsp3) is 0.667. The maximum Gasteiger partial charge on any atom is 0.0253 e. The third-order valence-corrected chi connectivity index (χ3v) is 1.53. The van der Waals surface area contributed by atoms with Gasteiger partial charge in [0, 0.05) is 6.04 Å². The van der Waals surface area contributed by atoms with Crippen molar-refractivity contribution in [3.05, 3.63) is 11.6 Å². The van der Waals surface area contributed by atoms with Gasteiger partial charge in [0.15, 0.2) is 0 Å². The molecule has 0 unspecified atom stereocenters. The number of rotatable bonds is 0. The van der Waals surface area contributed by atoms with Crippen LogP contribution in [0.2, 0.25) is 0 Å². The number of nitrogens with two attached hydrogens (primary N) is 1. The Morgan fingerprint density at radius 3 is 2.71 bits per heavy atom. The predicted molar refractivity (Wildman–Crippen MR) is 31.0 cm³/mol. The van der Waals surface area contributed by atoms with E-state index in [1.165, 1.54) is 12.0 Å². The van der Waals surface area contributed by atoms with E-state index in [9.17, 15) is 0 Å². The minimum atomic E-state index is 0.375. The Bertz CT molecular complexity index is 94.4. The van der Waals surface area contributed by atoms with Crippen LogP contribution in [0, 0.1) is 0 Å². The largest absolute Gasteiger partial charge is 0.324 e. The summed E-state index contributed by atoms with van der Waals surface area (Å²) in [5.41, 5.74) is 6.97. The van der Waals surface area contributed by atoms with Gasteiger partial charge in [-0.2, -0.15) is 0 Å². The minimum absolute atomic E-state index is 0.375. The zero-order valence-corrected chi connectivity index (χ0v) is 4.65. The van der Waals surface area contributed by atoms with Gasteiger partial charge in [-0.3, -0.25) is 0 Å². The highest BCUT2D eigenvalue weighted by Gasteiger charge is 2.08. The zero-order valence-electron chi connectivity index (χ0n) is 4.65. The third kappa shape index (κ3) is 0.829. The molecule has 0 aromatic rings. The summed E-state index contributed by atoms with van der Waals surface area (Å²) in [6, 6.07) is 0.375. The molecule has 0 radical (unpaired) electrons. The second-order valence-corrected chi connectivity index (χ2v) is 2.13. The van der Waals surface area contributed by atoms with Gasteiger partial charge in [-0.1, -0.05) is 11.6 Å². The first-order valence-corrected chi connectivity index (χ1v) is 2.73. The van der Waals surface area contributed by atoms with E-state index in [1.54, 1.807) is 0 Å². The molecule has 1 nitrogen and oxygen atoms in total. The average molecular weight is 97.2 g/mol. The molecule has 0 amide bonds. The Labute approximate surface area is 44.2 Å². The highest BCUT2D eigenvalue weighted by Crippen LogP contribution is 2.14. The summed E-state index contributed by atoms with van der Waals surface area (Å²) >= 11 is 0. The molecule has 0 bridgehead atoms. The van der Waals surface area contributed by atoms with Gasteiger partial charge in [0.2, 0.25) is 0 Å². The first kappa shape index (κ1) is 4.85. The molecular formula is C6H11N. The molecule has 0 aromatic carbocycles. The van der Waals surface area contributed by atoms with E-state index in [2.05, 4.69) is 13.0 Å². The van der Waals surface area contributed by atoms with Crippen molar-refractivity contribution in [3.8, 4) is 0 Å². The van der Waals surface area contributed by atoms with Crippen molar-refractivity contribution >= 4 is 0 Å². The molecule has 0 aliphatic heterocycles. The van der Waals surface area contributed by atoms with Crippen molar-refractivity contribution in [2.75, 3.05) is 0 Å². The van der Waals surface area contributed by atoms with E-state index in [-0.39, 0.29) is 0 Å². The summed E-state index contributed by atoms with van der Waals surface area (Å²) in [4.78, 5) is 0. The lowest BCUT2D eigenvalue weighted by Gasteiger charge is -1.99. The van der Waals surface area contributed by atoms with Gasteiger partial charge >= 0.3 is 0 Å². The number of allylic oxidation sites excluding steroid dienone is 1. The van der Waals surface area contributed by atoms with Crippen LogP contribution in [0.25, 0.3) is 0 Å². The molecule has 0 fully saturated rings. The van der Waals surface area contributed by atoms with Gasteiger partial charge in [0.25, 0.3) is 0 Å². The molecule has 0 spiro atoms. The standard InChI is InChI=1S/C6H11N/c1-5-3-2-4-6(5)7/h3,6H,2,4,7H2,1H3/t6-/m1/s1. The summed E-state index contributed by atoms with van der Waals surface area (Å²) < 4.78 is 0. The average Bonchev–Trinajstić information content (AvgIpc) is 1.91. The third-order valence-electron chi connectivity index (χ3n) is 1.53. The molecule has 0 saturated heterocycles. The van der Waals surface area contributed by atoms with Crippen LogP contribution in [-0.4, -0.2) is 6.04 Å². The molecule has 1 rings (SSSR count). The lowest BCUT2D eigenvalue weighted by molar-refractivity contribution is 0.752. The van der Waals surface area contributed by atoms with Crippen LogP contribution in [0.1, 0.15) is 19.8 Å². The summed E-state index contributed by atoms with van der Waals surface area (Å²) in [6.45, 7) is 2.09. The van der Waals surface area contributed by atoms with Crippen molar-refractivity contribution < 1.29 is 0 Å². The fourth-order valence-electron chi connectivity index (χ4n) is 0.870.